The van der Waals surface area contributed by atoms with Gasteiger partial charge >= 0.3 is 0 Å². The molecule has 0 radical (unpaired) electrons. The van der Waals surface area contributed by atoms with Crippen molar-refractivity contribution in [3.63, 3.8) is 0 Å². The SMILES string of the molecule is CC(C)c1noc(C2CCN(Cc3cccc(-n4cccn4)c3)CC2)n1. The molecule has 0 N–H and O–H groups in total. The summed E-state index contributed by atoms with van der Waals surface area (Å²) in [5.74, 6) is 2.34. The maximum atomic E-state index is 5.49. The molecule has 0 aliphatic carbocycles. The smallest absolute Gasteiger partial charge is 0.229 e. The Kier molecular flexibility index (Phi) is 4.84. The van der Waals surface area contributed by atoms with E-state index >= 15 is 0 Å². The van der Waals surface area contributed by atoms with Crippen LogP contribution in [0.2, 0.25) is 0 Å². The molecule has 1 saturated heterocycles. The molecule has 0 unspecified atom stereocenters. The van der Waals surface area contributed by atoms with Crippen LogP contribution in [0.25, 0.3) is 5.69 Å². The Balaban J connectivity index is 1.36. The van der Waals surface area contributed by atoms with E-state index in [1.807, 2.05) is 16.9 Å². The Morgan fingerprint density at radius 2 is 2.04 bits per heavy atom. The Morgan fingerprint density at radius 1 is 1.19 bits per heavy atom. The monoisotopic (exact) mass is 351 g/mol. The van der Waals surface area contributed by atoms with Crippen LogP contribution in [0.3, 0.4) is 0 Å². The normalized spacial score (nSPS) is 16.4. The van der Waals surface area contributed by atoms with Crippen molar-refractivity contribution in [2.24, 2.45) is 0 Å². The van der Waals surface area contributed by atoms with Gasteiger partial charge in [0.1, 0.15) is 0 Å². The van der Waals surface area contributed by atoms with Gasteiger partial charge in [0.15, 0.2) is 5.82 Å². The fourth-order valence-electron chi connectivity index (χ4n) is 3.46. The molecule has 4 rings (SSSR count). The van der Waals surface area contributed by atoms with Crippen molar-refractivity contribution >= 4 is 0 Å². The van der Waals surface area contributed by atoms with Gasteiger partial charge in [-0.25, -0.2) is 4.68 Å². The Labute approximate surface area is 153 Å². The van der Waals surface area contributed by atoms with Gasteiger partial charge in [-0.3, -0.25) is 4.90 Å². The van der Waals surface area contributed by atoms with E-state index in [1.165, 1.54) is 5.56 Å². The Hall–Kier alpha value is -2.47. The average Bonchev–Trinajstić information content (AvgIpc) is 3.35. The number of likely N-dealkylation sites (tertiary alicyclic amines) is 1. The van der Waals surface area contributed by atoms with Crippen LogP contribution in [0.5, 0.6) is 0 Å². The van der Waals surface area contributed by atoms with Gasteiger partial charge in [0.05, 0.1) is 5.69 Å². The van der Waals surface area contributed by atoms with Crippen molar-refractivity contribution in [2.45, 2.75) is 45.1 Å². The molecule has 6 heteroatoms. The largest absolute Gasteiger partial charge is 0.339 e. The molecule has 26 heavy (non-hydrogen) atoms. The summed E-state index contributed by atoms with van der Waals surface area (Å²) in [7, 11) is 0. The first-order valence-electron chi connectivity index (χ1n) is 9.34. The molecule has 1 aliphatic rings. The molecule has 1 aliphatic heterocycles. The number of hydrogen-bond donors (Lipinski definition) is 0. The molecular weight excluding hydrogens is 326 g/mol. The summed E-state index contributed by atoms with van der Waals surface area (Å²) in [6.07, 6.45) is 5.91. The minimum atomic E-state index is 0.314. The van der Waals surface area contributed by atoms with Crippen LogP contribution in [0.15, 0.2) is 47.2 Å². The first kappa shape index (κ1) is 17.0. The molecule has 136 valence electrons. The molecule has 1 aromatic carbocycles. The molecule has 6 nitrogen and oxygen atoms in total. The zero-order valence-electron chi connectivity index (χ0n) is 15.4. The van der Waals surface area contributed by atoms with Crippen molar-refractivity contribution in [1.82, 2.24) is 24.8 Å². The minimum Gasteiger partial charge on any atom is -0.339 e. The number of benzene rings is 1. The Morgan fingerprint density at radius 3 is 2.73 bits per heavy atom. The molecule has 0 amide bonds. The van der Waals surface area contributed by atoms with E-state index < -0.39 is 0 Å². The topological polar surface area (TPSA) is 60.0 Å². The molecule has 0 spiro atoms. The second kappa shape index (κ2) is 7.41. The third kappa shape index (κ3) is 3.70. The van der Waals surface area contributed by atoms with Crippen LogP contribution in [0.4, 0.5) is 0 Å². The van der Waals surface area contributed by atoms with E-state index in [1.54, 1.807) is 6.20 Å². The Bertz CT molecular complexity index is 832. The molecule has 1 fully saturated rings. The van der Waals surface area contributed by atoms with Gasteiger partial charge < -0.3 is 4.52 Å². The van der Waals surface area contributed by atoms with Gasteiger partial charge in [-0.05, 0) is 49.7 Å². The second-order valence-corrected chi connectivity index (χ2v) is 7.32. The summed E-state index contributed by atoms with van der Waals surface area (Å²) in [5.41, 5.74) is 2.42. The summed E-state index contributed by atoms with van der Waals surface area (Å²) in [6.45, 7) is 7.25. The highest BCUT2D eigenvalue weighted by Crippen LogP contribution is 2.28. The van der Waals surface area contributed by atoms with Gasteiger partial charge in [0.25, 0.3) is 0 Å². The zero-order chi connectivity index (χ0) is 17.9. The molecule has 0 atom stereocenters. The number of hydrogen-bond acceptors (Lipinski definition) is 5. The van der Waals surface area contributed by atoms with Crippen molar-refractivity contribution in [3.05, 3.63) is 60.0 Å². The van der Waals surface area contributed by atoms with Crippen molar-refractivity contribution in [3.8, 4) is 5.69 Å². The third-order valence-electron chi connectivity index (χ3n) is 5.00. The lowest BCUT2D eigenvalue weighted by Crippen LogP contribution is -2.32. The van der Waals surface area contributed by atoms with Gasteiger partial charge in [0.2, 0.25) is 5.89 Å². The van der Waals surface area contributed by atoms with Crippen LogP contribution in [0.1, 0.15) is 55.8 Å². The van der Waals surface area contributed by atoms with E-state index in [-0.39, 0.29) is 0 Å². The lowest BCUT2D eigenvalue weighted by Gasteiger charge is -2.30. The lowest BCUT2D eigenvalue weighted by atomic mass is 9.96. The molecule has 0 bridgehead atoms. The fourth-order valence-corrected chi connectivity index (χ4v) is 3.46. The third-order valence-corrected chi connectivity index (χ3v) is 5.00. The van der Waals surface area contributed by atoms with Gasteiger partial charge in [-0.15, -0.1) is 0 Å². The van der Waals surface area contributed by atoms with Crippen LogP contribution < -0.4 is 0 Å². The molecule has 3 heterocycles. The van der Waals surface area contributed by atoms with Crippen LogP contribution in [-0.2, 0) is 6.54 Å². The van der Waals surface area contributed by atoms with Crippen molar-refractivity contribution < 1.29 is 4.52 Å². The number of piperidine rings is 1. The fraction of sp³-hybridized carbons (Fsp3) is 0.450. The molecule has 3 aromatic rings. The van der Waals surface area contributed by atoms with Crippen LogP contribution in [0, 0.1) is 0 Å². The summed E-state index contributed by atoms with van der Waals surface area (Å²) in [5, 5.41) is 8.42. The van der Waals surface area contributed by atoms with Crippen molar-refractivity contribution in [1.29, 1.82) is 0 Å². The minimum absolute atomic E-state index is 0.314. The van der Waals surface area contributed by atoms with E-state index in [2.05, 4.69) is 58.3 Å². The highest BCUT2D eigenvalue weighted by molar-refractivity contribution is 5.35. The zero-order valence-corrected chi connectivity index (χ0v) is 15.4. The van der Waals surface area contributed by atoms with Gasteiger partial charge in [-0.1, -0.05) is 31.1 Å². The number of nitrogens with zero attached hydrogens (tertiary/aromatic N) is 5. The first-order chi connectivity index (χ1) is 12.7. The van der Waals surface area contributed by atoms with Crippen molar-refractivity contribution in [2.75, 3.05) is 13.1 Å². The maximum Gasteiger partial charge on any atom is 0.229 e. The molecular formula is C20H25N5O. The summed E-state index contributed by atoms with van der Waals surface area (Å²) < 4.78 is 7.39. The molecule has 2 aromatic heterocycles. The van der Waals surface area contributed by atoms with E-state index in [0.29, 0.717) is 11.8 Å². The number of rotatable bonds is 5. The van der Waals surface area contributed by atoms with Crippen LogP contribution in [-0.4, -0.2) is 37.9 Å². The van der Waals surface area contributed by atoms with Gasteiger partial charge in [-0.2, -0.15) is 10.1 Å². The lowest BCUT2D eigenvalue weighted by molar-refractivity contribution is 0.187. The summed E-state index contributed by atoms with van der Waals surface area (Å²) >= 11 is 0. The number of aromatic nitrogens is 4. The molecule has 0 saturated carbocycles. The first-order valence-corrected chi connectivity index (χ1v) is 9.34. The van der Waals surface area contributed by atoms with E-state index in [0.717, 1.165) is 49.9 Å². The summed E-state index contributed by atoms with van der Waals surface area (Å²) in [6, 6.07) is 10.5. The standard InChI is InChI=1S/C20H25N5O/c1-15(2)19-22-20(26-23-19)17-7-11-24(12-8-17)14-16-5-3-6-18(13-16)25-10-4-9-21-25/h3-6,9-10,13,15,17H,7-8,11-12,14H2,1-2H3. The highest BCUT2D eigenvalue weighted by atomic mass is 16.5. The van der Waals surface area contributed by atoms with Crippen LogP contribution >= 0.6 is 0 Å². The highest BCUT2D eigenvalue weighted by Gasteiger charge is 2.25. The predicted molar refractivity (Wildman–Crippen MR) is 99.2 cm³/mol. The van der Waals surface area contributed by atoms with E-state index in [4.69, 9.17) is 4.52 Å². The van der Waals surface area contributed by atoms with E-state index in [9.17, 15) is 0 Å². The maximum absolute atomic E-state index is 5.49. The average molecular weight is 351 g/mol. The quantitative estimate of drug-likeness (QED) is 0.700. The summed E-state index contributed by atoms with van der Waals surface area (Å²) in [4.78, 5) is 7.07. The second-order valence-electron chi connectivity index (χ2n) is 7.32. The van der Waals surface area contributed by atoms with Gasteiger partial charge in [0, 0.05) is 30.8 Å². The predicted octanol–water partition coefficient (Wildman–Crippen LogP) is 3.76.